The zero-order valence-corrected chi connectivity index (χ0v) is 9.82. The van der Waals surface area contributed by atoms with Crippen LogP contribution in [0.2, 0.25) is 0 Å². The van der Waals surface area contributed by atoms with Crippen molar-refractivity contribution >= 4 is 0 Å². The van der Waals surface area contributed by atoms with Crippen LogP contribution in [0.4, 0.5) is 0 Å². The van der Waals surface area contributed by atoms with Crippen LogP contribution in [-0.2, 0) is 0 Å². The summed E-state index contributed by atoms with van der Waals surface area (Å²) in [5.74, 6) is 1.73. The molecule has 0 aliphatic heterocycles. The largest absolute Gasteiger partial charge is 0.461 e. The lowest BCUT2D eigenvalue weighted by atomic mass is 10.1. The van der Waals surface area contributed by atoms with Gasteiger partial charge in [0.25, 0.3) is 0 Å². The molecule has 0 aliphatic rings. The van der Waals surface area contributed by atoms with E-state index < -0.39 is 0 Å². The summed E-state index contributed by atoms with van der Waals surface area (Å²) in [5, 5.41) is 8.63. The molecule has 2 rings (SSSR count). The Morgan fingerprint density at radius 3 is 2.06 bits per heavy atom. The fourth-order valence-corrected chi connectivity index (χ4v) is 1.30. The first-order chi connectivity index (χ1) is 7.79. The molecule has 0 spiro atoms. The second-order valence-corrected chi connectivity index (χ2v) is 3.10. The lowest BCUT2D eigenvalue weighted by Crippen LogP contribution is -1.75. The Balaban J connectivity index is 0.000000606. The van der Waals surface area contributed by atoms with Crippen molar-refractivity contribution in [3.8, 4) is 17.4 Å². The maximum atomic E-state index is 8.63. The standard InChI is InChI=1S/C12H9NO.C2H6/c1-9-2-7-12(14-9)11-5-3-10(8-13)4-6-11;1-2/h2-7H,1H3;1-2H3. The number of furan rings is 1. The number of nitriles is 1. The number of nitrogens with zero attached hydrogens (tertiary/aromatic N) is 1. The van der Waals surface area contributed by atoms with E-state index in [1.54, 1.807) is 12.1 Å². The molecule has 1 aromatic heterocycles. The molecule has 0 fully saturated rings. The fourth-order valence-electron chi connectivity index (χ4n) is 1.30. The average Bonchev–Trinajstić information content (AvgIpc) is 2.79. The van der Waals surface area contributed by atoms with Crippen molar-refractivity contribution in [2.45, 2.75) is 20.8 Å². The Kier molecular flexibility index (Phi) is 4.35. The second-order valence-electron chi connectivity index (χ2n) is 3.10. The van der Waals surface area contributed by atoms with Crippen LogP contribution in [-0.4, -0.2) is 0 Å². The number of aryl methyl sites for hydroxylation is 1. The van der Waals surface area contributed by atoms with Crippen molar-refractivity contribution in [3.63, 3.8) is 0 Å². The molecule has 0 amide bonds. The molecule has 1 aromatic carbocycles. The van der Waals surface area contributed by atoms with Gasteiger partial charge in [0.1, 0.15) is 11.5 Å². The monoisotopic (exact) mass is 213 g/mol. The number of hydrogen-bond donors (Lipinski definition) is 0. The predicted octanol–water partition coefficient (Wildman–Crippen LogP) is 4.15. The smallest absolute Gasteiger partial charge is 0.134 e. The summed E-state index contributed by atoms with van der Waals surface area (Å²) in [4.78, 5) is 0. The Morgan fingerprint density at radius 1 is 1.00 bits per heavy atom. The third-order valence-electron chi connectivity index (χ3n) is 2.04. The summed E-state index contributed by atoms with van der Waals surface area (Å²) < 4.78 is 5.46. The Bertz CT molecular complexity index is 474. The molecule has 1 heterocycles. The van der Waals surface area contributed by atoms with E-state index >= 15 is 0 Å². The molecule has 0 unspecified atom stereocenters. The van der Waals surface area contributed by atoms with Crippen LogP contribution in [0.3, 0.4) is 0 Å². The minimum atomic E-state index is 0.664. The van der Waals surface area contributed by atoms with Crippen molar-refractivity contribution in [2.75, 3.05) is 0 Å². The Labute approximate surface area is 96.1 Å². The van der Waals surface area contributed by atoms with Crippen molar-refractivity contribution < 1.29 is 4.42 Å². The molecule has 0 aliphatic carbocycles. The van der Waals surface area contributed by atoms with Crippen molar-refractivity contribution in [1.82, 2.24) is 0 Å². The quantitative estimate of drug-likeness (QED) is 0.713. The van der Waals surface area contributed by atoms with Gasteiger partial charge in [0.15, 0.2) is 0 Å². The number of hydrogen-bond acceptors (Lipinski definition) is 2. The van der Waals surface area contributed by atoms with Gasteiger partial charge in [-0.05, 0) is 43.3 Å². The third kappa shape index (κ3) is 2.74. The summed E-state index contributed by atoms with van der Waals surface area (Å²) in [7, 11) is 0. The van der Waals surface area contributed by atoms with Crippen molar-refractivity contribution in [3.05, 3.63) is 47.7 Å². The normalized spacial score (nSPS) is 8.88. The van der Waals surface area contributed by atoms with Gasteiger partial charge in [-0.1, -0.05) is 13.8 Å². The van der Waals surface area contributed by atoms with Crippen molar-refractivity contribution in [1.29, 1.82) is 5.26 Å². The van der Waals surface area contributed by atoms with Crippen LogP contribution in [0, 0.1) is 18.3 Å². The molecule has 0 bridgehead atoms. The lowest BCUT2D eigenvalue weighted by Gasteiger charge is -1.95. The van der Waals surface area contributed by atoms with E-state index in [-0.39, 0.29) is 0 Å². The summed E-state index contributed by atoms with van der Waals surface area (Å²) in [5.41, 5.74) is 1.66. The van der Waals surface area contributed by atoms with E-state index in [1.807, 2.05) is 45.0 Å². The van der Waals surface area contributed by atoms with Crippen LogP contribution < -0.4 is 0 Å². The molecule has 0 atom stereocenters. The highest BCUT2D eigenvalue weighted by Crippen LogP contribution is 2.21. The molecule has 2 nitrogen and oxygen atoms in total. The van der Waals surface area contributed by atoms with Crippen LogP contribution in [0.25, 0.3) is 11.3 Å². The number of rotatable bonds is 1. The first-order valence-corrected chi connectivity index (χ1v) is 5.36. The molecule has 0 N–H and O–H groups in total. The highest BCUT2D eigenvalue weighted by atomic mass is 16.3. The first kappa shape index (κ1) is 12.1. The average molecular weight is 213 g/mol. The minimum absolute atomic E-state index is 0.664. The van der Waals surface area contributed by atoms with Crippen molar-refractivity contribution in [2.24, 2.45) is 0 Å². The van der Waals surface area contributed by atoms with Crippen LogP contribution >= 0.6 is 0 Å². The maximum absolute atomic E-state index is 8.63. The minimum Gasteiger partial charge on any atom is -0.461 e. The molecular formula is C14H15NO. The Hall–Kier alpha value is -2.01. The highest BCUT2D eigenvalue weighted by Gasteiger charge is 2.01. The zero-order chi connectivity index (χ0) is 12.0. The van der Waals surface area contributed by atoms with Gasteiger partial charge in [0.2, 0.25) is 0 Å². The van der Waals surface area contributed by atoms with Gasteiger partial charge >= 0.3 is 0 Å². The molecule has 0 saturated heterocycles. The molecule has 16 heavy (non-hydrogen) atoms. The summed E-state index contributed by atoms with van der Waals surface area (Å²) >= 11 is 0. The van der Waals surface area contributed by atoms with E-state index in [0.29, 0.717) is 5.56 Å². The SMILES string of the molecule is CC.Cc1ccc(-c2ccc(C#N)cc2)o1. The maximum Gasteiger partial charge on any atom is 0.134 e. The predicted molar refractivity (Wildman–Crippen MR) is 64.9 cm³/mol. The van der Waals surface area contributed by atoms with Gasteiger partial charge in [0, 0.05) is 5.56 Å². The Morgan fingerprint density at radius 2 is 1.62 bits per heavy atom. The third-order valence-corrected chi connectivity index (χ3v) is 2.04. The highest BCUT2D eigenvalue weighted by molar-refractivity contribution is 5.58. The van der Waals surface area contributed by atoms with Gasteiger partial charge in [-0.3, -0.25) is 0 Å². The molecular weight excluding hydrogens is 198 g/mol. The van der Waals surface area contributed by atoms with Crippen LogP contribution in [0.15, 0.2) is 40.8 Å². The van der Waals surface area contributed by atoms with Crippen LogP contribution in [0.5, 0.6) is 0 Å². The zero-order valence-electron chi connectivity index (χ0n) is 9.82. The number of benzene rings is 1. The second kappa shape index (κ2) is 5.77. The van der Waals surface area contributed by atoms with E-state index in [9.17, 15) is 0 Å². The van der Waals surface area contributed by atoms with E-state index in [4.69, 9.17) is 9.68 Å². The van der Waals surface area contributed by atoms with E-state index in [0.717, 1.165) is 17.1 Å². The summed E-state index contributed by atoms with van der Waals surface area (Å²) in [6.07, 6.45) is 0. The van der Waals surface area contributed by atoms with Gasteiger partial charge < -0.3 is 4.42 Å². The topological polar surface area (TPSA) is 36.9 Å². The van der Waals surface area contributed by atoms with Gasteiger partial charge in [-0.15, -0.1) is 0 Å². The van der Waals surface area contributed by atoms with Gasteiger partial charge in [0.05, 0.1) is 11.6 Å². The lowest BCUT2D eigenvalue weighted by molar-refractivity contribution is 0.548. The first-order valence-electron chi connectivity index (χ1n) is 5.36. The fraction of sp³-hybridized carbons (Fsp3) is 0.214. The molecule has 2 aromatic rings. The van der Waals surface area contributed by atoms with E-state index in [1.165, 1.54) is 0 Å². The molecule has 0 radical (unpaired) electrons. The van der Waals surface area contributed by atoms with Gasteiger partial charge in [-0.2, -0.15) is 5.26 Å². The summed E-state index contributed by atoms with van der Waals surface area (Å²) in [6.45, 7) is 5.91. The van der Waals surface area contributed by atoms with Crippen LogP contribution in [0.1, 0.15) is 25.2 Å². The van der Waals surface area contributed by atoms with Gasteiger partial charge in [-0.25, -0.2) is 0 Å². The molecule has 2 heteroatoms. The van der Waals surface area contributed by atoms with E-state index in [2.05, 4.69) is 6.07 Å². The molecule has 0 saturated carbocycles. The summed E-state index contributed by atoms with van der Waals surface area (Å²) in [6, 6.07) is 13.3. The molecule has 82 valence electrons.